The number of benzene rings is 1. The number of hydrogen-bond donors (Lipinski definition) is 2. The molecule has 1 unspecified atom stereocenters. The van der Waals surface area contributed by atoms with Crippen LogP contribution in [0.4, 0.5) is 0 Å². The van der Waals surface area contributed by atoms with Crippen LogP contribution in [0.15, 0.2) is 34.5 Å². The molecule has 1 aliphatic rings. The Hall–Kier alpha value is -0.840. The second-order valence-electron chi connectivity index (χ2n) is 4.21. The molecule has 17 heavy (non-hydrogen) atoms. The summed E-state index contributed by atoms with van der Waals surface area (Å²) in [5.74, 6) is 6.56. The van der Waals surface area contributed by atoms with Gasteiger partial charge in [-0.3, -0.25) is 5.84 Å². The topological polar surface area (TPSA) is 47.3 Å². The summed E-state index contributed by atoms with van der Waals surface area (Å²) in [6.07, 6.45) is 4.25. The van der Waals surface area contributed by atoms with Crippen LogP contribution in [-0.4, -0.2) is 6.61 Å². The van der Waals surface area contributed by atoms with Gasteiger partial charge >= 0.3 is 0 Å². The lowest BCUT2D eigenvalue weighted by Crippen LogP contribution is -2.31. The van der Waals surface area contributed by atoms with E-state index in [1.807, 2.05) is 0 Å². The van der Waals surface area contributed by atoms with E-state index in [2.05, 4.69) is 52.6 Å². The molecule has 1 heterocycles. The molecule has 4 heteroatoms. The van der Waals surface area contributed by atoms with Crippen LogP contribution in [0.25, 0.3) is 0 Å². The van der Waals surface area contributed by atoms with Crippen LogP contribution in [0, 0.1) is 6.92 Å². The van der Waals surface area contributed by atoms with E-state index in [1.165, 1.54) is 5.56 Å². The van der Waals surface area contributed by atoms with E-state index in [9.17, 15) is 0 Å². The summed E-state index contributed by atoms with van der Waals surface area (Å²) < 4.78 is 6.75. The Labute approximate surface area is 110 Å². The third-order valence-corrected chi connectivity index (χ3v) is 3.80. The smallest absolute Gasteiger partial charge is 0.115 e. The molecule has 0 radical (unpaired) electrons. The number of hydrazine groups is 1. The predicted molar refractivity (Wildman–Crippen MR) is 72.2 cm³/mol. The van der Waals surface area contributed by atoms with Crippen molar-refractivity contribution >= 4 is 15.9 Å². The highest BCUT2D eigenvalue weighted by Crippen LogP contribution is 2.28. The van der Waals surface area contributed by atoms with E-state index >= 15 is 0 Å². The number of ether oxygens (including phenoxy) is 1. The first kappa shape index (κ1) is 12.6. The molecule has 1 atom stereocenters. The lowest BCUT2D eigenvalue weighted by Gasteiger charge is -2.23. The molecule has 3 N–H and O–H groups in total. The van der Waals surface area contributed by atoms with Crippen LogP contribution in [0.1, 0.15) is 30.0 Å². The van der Waals surface area contributed by atoms with E-state index < -0.39 is 0 Å². The zero-order valence-corrected chi connectivity index (χ0v) is 11.5. The molecular formula is C13H17BrN2O. The third kappa shape index (κ3) is 2.89. The molecule has 1 aliphatic heterocycles. The van der Waals surface area contributed by atoms with Crippen LogP contribution in [0.5, 0.6) is 0 Å². The zero-order chi connectivity index (χ0) is 12.3. The van der Waals surface area contributed by atoms with Crippen molar-refractivity contribution in [2.75, 3.05) is 6.61 Å². The highest BCUT2D eigenvalue weighted by molar-refractivity contribution is 9.10. The van der Waals surface area contributed by atoms with Crippen molar-refractivity contribution in [3.8, 4) is 0 Å². The van der Waals surface area contributed by atoms with Gasteiger partial charge in [0.1, 0.15) is 11.8 Å². The van der Waals surface area contributed by atoms with Crippen LogP contribution in [0.3, 0.4) is 0 Å². The third-order valence-electron chi connectivity index (χ3n) is 2.94. The molecular weight excluding hydrogens is 280 g/mol. The van der Waals surface area contributed by atoms with Gasteiger partial charge in [-0.25, -0.2) is 5.43 Å². The Morgan fingerprint density at radius 3 is 2.88 bits per heavy atom. The number of nitrogens with one attached hydrogen (secondary N) is 1. The molecule has 0 saturated heterocycles. The zero-order valence-electron chi connectivity index (χ0n) is 9.87. The van der Waals surface area contributed by atoms with E-state index in [0.29, 0.717) is 0 Å². The summed E-state index contributed by atoms with van der Waals surface area (Å²) in [6.45, 7) is 2.84. The molecule has 1 aromatic rings. The SMILES string of the molecule is Cc1ccc(C(NN)C2=CCCCO2)cc1Br. The number of aryl methyl sites for hydroxylation is 1. The fourth-order valence-electron chi connectivity index (χ4n) is 1.91. The lowest BCUT2D eigenvalue weighted by atomic mass is 10.0. The monoisotopic (exact) mass is 296 g/mol. The van der Waals surface area contributed by atoms with E-state index in [0.717, 1.165) is 35.2 Å². The molecule has 0 saturated carbocycles. The molecule has 0 spiro atoms. The first-order valence-electron chi connectivity index (χ1n) is 5.77. The highest BCUT2D eigenvalue weighted by Gasteiger charge is 2.18. The maximum atomic E-state index is 5.66. The molecule has 0 aliphatic carbocycles. The maximum Gasteiger partial charge on any atom is 0.115 e. The van der Waals surface area contributed by atoms with Crippen LogP contribution in [0.2, 0.25) is 0 Å². The van der Waals surface area contributed by atoms with E-state index in [1.54, 1.807) is 0 Å². The van der Waals surface area contributed by atoms with Gasteiger partial charge in [-0.15, -0.1) is 0 Å². The normalized spacial score (nSPS) is 17.2. The highest BCUT2D eigenvalue weighted by atomic mass is 79.9. The van der Waals surface area contributed by atoms with Gasteiger partial charge in [-0.2, -0.15) is 0 Å². The van der Waals surface area contributed by atoms with Crippen molar-refractivity contribution in [1.29, 1.82) is 0 Å². The second kappa shape index (κ2) is 5.67. The minimum atomic E-state index is -0.0628. The molecule has 1 aromatic carbocycles. The molecule has 0 fully saturated rings. The van der Waals surface area contributed by atoms with Crippen molar-refractivity contribution in [1.82, 2.24) is 5.43 Å². The van der Waals surface area contributed by atoms with Crippen molar-refractivity contribution in [2.45, 2.75) is 25.8 Å². The fourth-order valence-corrected chi connectivity index (χ4v) is 2.31. The van der Waals surface area contributed by atoms with Gasteiger partial charge in [0.15, 0.2) is 0 Å². The minimum absolute atomic E-state index is 0.0628. The van der Waals surface area contributed by atoms with Gasteiger partial charge < -0.3 is 4.74 Å². The molecule has 3 nitrogen and oxygen atoms in total. The Morgan fingerprint density at radius 2 is 2.29 bits per heavy atom. The summed E-state index contributed by atoms with van der Waals surface area (Å²) in [6, 6.07) is 6.17. The summed E-state index contributed by atoms with van der Waals surface area (Å²) in [7, 11) is 0. The molecule has 0 bridgehead atoms. The Kier molecular flexibility index (Phi) is 4.20. The summed E-state index contributed by atoms with van der Waals surface area (Å²) in [5, 5.41) is 0. The van der Waals surface area contributed by atoms with Gasteiger partial charge in [0, 0.05) is 4.47 Å². The molecule has 0 aromatic heterocycles. The average Bonchev–Trinajstić information content (AvgIpc) is 2.36. The Balaban J connectivity index is 2.28. The van der Waals surface area contributed by atoms with Gasteiger partial charge in [0.05, 0.1) is 6.61 Å². The number of rotatable bonds is 3. The first-order chi connectivity index (χ1) is 8.22. The van der Waals surface area contributed by atoms with Gasteiger partial charge in [-0.1, -0.05) is 28.1 Å². The largest absolute Gasteiger partial charge is 0.496 e. The summed E-state index contributed by atoms with van der Waals surface area (Å²) >= 11 is 3.54. The molecule has 2 rings (SSSR count). The maximum absolute atomic E-state index is 5.66. The van der Waals surface area contributed by atoms with Gasteiger partial charge in [0.2, 0.25) is 0 Å². The Morgan fingerprint density at radius 1 is 1.47 bits per heavy atom. The van der Waals surface area contributed by atoms with Crippen LogP contribution in [-0.2, 0) is 4.74 Å². The van der Waals surface area contributed by atoms with Gasteiger partial charge in [-0.05, 0) is 43.0 Å². The van der Waals surface area contributed by atoms with Crippen molar-refractivity contribution in [2.24, 2.45) is 5.84 Å². The number of halogens is 1. The summed E-state index contributed by atoms with van der Waals surface area (Å²) in [4.78, 5) is 0. The molecule has 0 amide bonds. The standard InChI is InChI=1S/C13H17BrN2O/c1-9-5-6-10(8-11(9)14)13(16-15)12-4-2-3-7-17-12/h4-6,8,13,16H,2-3,7,15H2,1H3. The van der Waals surface area contributed by atoms with Crippen LogP contribution < -0.4 is 11.3 Å². The van der Waals surface area contributed by atoms with Crippen molar-refractivity contribution in [3.63, 3.8) is 0 Å². The van der Waals surface area contributed by atoms with Gasteiger partial charge in [0.25, 0.3) is 0 Å². The quantitative estimate of drug-likeness (QED) is 0.666. The number of allylic oxidation sites excluding steroid dienone is 1. The lowest BCUT2D eigenvalue weighted by molar-refractivity contribution is 0.168. The van der Waals surface area contributed by atoms with E-state index in [-0.39, 0.29) is 6.04 Å². The van der Waals surface area contributed by atoms with E-state index in [4.69, 9.17) is 10.6 Å². The predicted octanol–water partition coefficient (Wildman–Crippen LogP) is 2.96. The minimum Gasteiger partial charge on any atom is -0.496 e. The first-order valence-corrected chi connectivity index (χ1v) is 6.56. The number of nitrogens with two attached hydrogens (primary N) is 1. The fraction of sp³-hybridized carbons (Fsp3) is 0.385. The van der Waals surface area contributed by atoms with Crippen molar-refractivity contribution in [3.05, 3.63) is 45.6 Å². The summed E-state index contributed by atoms with van der Waals surface area (Å²) in [5.41, 5.74) is 5.14. The molecule has 92 valence electrons. The Bertz CT molecular complexity index is 431. The second-order valence-corrected chi connectivity index (χ2v) is 5.06. The van der Waals surface area contributed by atoms with Crippen molar-refractivity contribution < 1.29 is 4.74 Å². The number of hydrogen-bond acceptors (Lipinski definition) is 3. The van der Waals surface area contributed by atoms with Crippen LogP contribution >= 0.6 is 15.9 Å². The average molecular weight is 297 g/mol.